The lowest BCUT2D eigenvalue weighted by atomic mass is 9.84. The first-order chi connectivity index (χ1) is 30.2. The second-order valence-electron chi connectivity index (χ2n) is 15.3. The van der Waals surface area contributed by atoms with E-state index in [1.165, 1.54) is 5.56 Å². The number of rotatable bonds is 9. The summed E-state index contributed by atoms with van der Waals surface area (Å²) in [6, 6.07) is 71.3. The van der Waals surface area contributed by atoms with Crippen LogP contribution in [0.25, 0.3) is 72.8 Å². The first kappa shape index (κ1) is 37.3. The lowest BCUT2D eigenvalue weighted by Crippen LogP contribution is -2.07. The van der Waals surface area contributed by atoms with Gasteiger partial charge in [-0.3, -0.25) is 0 Å². The SMILES string of the molecule is NC(=C(c1ccccc1)c1nc(-c2ccccc2)cc2cccc(C3=CC(c4ccc(-c5nc(-c6ccccc6)cc(-c6ccccc6)n5)cc4)CC=C3)c12)c1ccccc1. The molecule has 0 saturated carbocycles. The van der Waals surface area contributed by atoms with Crippen LogP contribution in [0.4, 0.5) is 0 Å². The Morgan fingerprint density at radius 2 is 1.00 bits per heavy atom. The molecule has 1 unspecified atom stereocenters. The van der Waals surface area contributed by atoms with E-state index in [1.807, 2.05) is 66.7 Å². The van der Waals surface area contributed by atoms with Crippen molar-refractivity contribution >= 4 is 27.6 Å². The quantitative estimate of drug-likeness (QED) is 0.148. The number of hydrogen-bond donors (Lipinski definition) is 1. The third-order valence-electron chi connectivity index (χ3n) is 11.4. The summed E-state index contributed by atoms with van der Waals surface area (Å²) < 4.78 is 0. The van der Waals surface area contributed by atoms with E-state index in [1.54, 1.807) is 0 Å². The maximum atomic E-state index is 7.24. The first-order valence-corrected chi connectivity index (χ1v) is 20.8. The number of fused-ring (bicyclic) bond motifs is 1. The van der Waals surface area contributed by atoms with Crippen LogP contribution in [0.2, 0.25) is 0 Å². The van der Waals surface area contributed by atoms with Gasteiger partial charge in [-0.15, -0.1) is 0 Å². The lowest BCUT2D eigenvalue weighted by molar-refractivity contribution is 0.857. The molecule has 4 heteroatoms. The summed E-state index contributed by atoms with van der Waals surface area (Å²) in [6.45, 7) is 0. The second kappa shape index (κ2) is 16.7. The number of nitrogens with zero attached hydrogens (tertiary/aromatic N) is 3. The minimum Gasteiger partial charge on any atom is -0.398 e. The molecule has 2 aromatic heterocycles. The van der Waals surface area contributed by atoms with Gasteiger partial charge in [0.25, 0.3) is 0 Å². The smallest absolute Gasteiger partial charge is 0.160 e. The van der Waals surface area contributed by atoms with E-state index in [4.69, 9.17) is 20.7 Å². The normalized spacial score (nSPS) is 14.0. The molecule has 0 bridgehead atoms. The van der Waals surface area contributed by atoms with Gasteiger partial charge in [0.1, 0.15) is 0 Å². The maximum Gasteiger partial charge on any atom is 0.160 e. The van der Waals surface area contributed by atoms with E-state index in [0.717, 1.165) is 90.1 Å². The lowest BCUT2D eigenvalue weighted by Gasteiger charge is -2.21. The summed E-state index contributed by atoms with van der Waals surface area (Å²) >= 11 is 0. The highest BCUT2D eigenvalue weighted by Crippen LogP contribution is 2.41. The van der Waals surface area contributed by atoms with Gasteiger partial charge in [-0.2, -0.15) is 0 Å². The van der Waals surface area contributed by atoms with Crippen molar-refractivity contribution in [3.05, 3.63) is 252 Å². The molecular formula is C57H42N4. The fraction of sp³-hybridized carbons (Fsp3) is 0.0351. The van der Waals surface area contributed by atoms with Crippen LogP contribution in [0.15, 0.2) is 224 Å². The van der Waals surface area contributed by atoms with Gasteiger partial charge in [-0.05, 0) is 51.8 Å². The Morgan fingerprint density at radius 3 is 1.57 bits per heavy atom. The highest BCUT2D eigenvalue weighted by molar-refractivity contribution is 6.09. The predicted molar refractivity (Wildman–Crippen MR) is 253 cm³/mol. The predicted octanol–water partition coefficient (Wildman–Crippen LogP) is 13.7. The van der Waals surface area contributed by atoms with Crippen LogP contribution < -0.4 is 5.73 Å². The third kappa shape index (κ3) is 7.71. The van der Waals surface area contributed by atoms with E-state index in [0.29, 0.717) is 11.5 Å². The average Bonchev–Trinajstić information content (AvgIpc) is 3.35. The molecule has 4 nitrogen and oxygen atoms in total. The van der Waals surface area contributed by atoms with Crippen LogP contribution in [-0.4, -0.2) is 15.0 Å². The van der Waals surface area contributed by atoms with Gasteiger partial charge in [-0.25, -0.2) is 15.0 Å². The van der Waals surface area contributed by atoms with Crippen molar-refractivity contribution in [2.75, 3.05) is 0 Å². The molecule has 9 aromatic rings. The molecule has 290 valence electrons. The molecule has 2 heterocycles. The zero-order valence-electron chi connectivity index (χ0n) is 33.6. The summed E-state index contributed by atoms with van der Waals surface area (Å²) in [7, 11) is 0. The molecule has 0 saturated heterocycles. The Balaban J connectivity index is 1.08. The van der Waals surface area contributed by atoms with Gasteiger partial charge in [0, 0.05) is 44.8 Å². The summed E-state index contributed by atoms with van der Waals surface area (Å²) in [6.07, 6.45) is 7.86. The Labute approximate surface area is 356 Å². The van der Waals surface area contributed by atoms with Gasteiger partial charge in [0.2, 0.25) is 0 Å². The maximum absolute atomic E-state index is 7.24. The molecule has 0 spiro atoms. The Bertz CT molecular complexity index is 3010. The van der Waals surface area contributed by atoms with Crippen LogP contribution >= 0.6 is 0 Å². The largest absolute Gasteiger partial charge is 0.398 e. The van der Waals surface area contributed by atoms with Gasteiger partial charge >= 0.3 is 0 Å². The molecule has 61 heavy (non-hydrogen) atoms. The molecule has 0 fully saturated rings. The van der Waals surface area contributed by atoms with Crippen molar-refractivity contribution in [3.8, 4) is 45.2 Å². The van der Waals surface area contributed by atoms with E-state index in [-0.39, 0.29) is 5.92 Å². The number of nitrogens with two attached hydrogens (primary N) is 1. The molecular weight excluding hydrogens is 741 g/mol. The van der Waals surface area contributed by atoms with Crippen molar-refractivity contribution in [2.45, 2.75) is 12.3 Å². The van der Waals surface area contributed by atoms with Crippen LogP contribution in [0.5, 0.6) is 0 Å². The van der Waals surface area contributed by atoms with Crippen molar-refractivity contribution in [1.29, 1.82) is 0 Å². The van der Waals surface area contributed by atoms with Gasteiger partial charge in [-0.1, -0.05) is 212 Å². The highest BCUT2D eigenvalue weighted by atomic mass is 14.9. The molecule has 0 amide bonds. The number of allylic oxidation sites excluding steroid dienone is 4. The zero-order chi connectivity index (χ0) is 41.0. The zero-order valence-corrected chi connectivity index (χ0v) is 33.6. The van der Waals surface area contributed by atoms with E-state index < -0.39 is 0 Å². The van der Waals surface area contributed by atoms with Crippen LogP contribution in [0.3, 0.4) is 0 Å². The molecule has 10 rings (SSSR count). The van der Waals surface area contributed by atoms with Crippen LogP contribution in [0, 0.1) is 0 Å². The molecule has 1 atom stereocenters. The van der Waals surface area contributed by atoms with Crippen LogP contribution in [0.1, 0.15) is 40.3 Å². The number of benzene rings is 7. The van der Waals surface area contributed by atoms with Crippen molar-refractivity contribution in [3.63, 3.8) is 0 Å². The fourth-order valence-corrected chi connectivity index (χ4v) is 8.34. The monoisotopic (exact) mass is 782 g/mol. The van der Waals surface area contributed by atoms with Crippen molar-refractivity contribution < 1.29 is 0 Å². The topological polar surface area (TPSA) is 64.7 Å². The van der Waals surface area contributed by atoms with Gasteiger partial charge < -0.3 is 5.73 Å². The molecule has 7 aromatic carbocycles. The van der Waals surface area contributed by atoms with Crippen molar-refractivity contribution in [2.24, 2.45) is 5.73 Å². The van der Waals surface area contributed by atoms with Gasteiger partial charge in [0.15, 0.2) is 5.82 Å². The second-order valence-corrected chi connectivity index (χ2v) is 15.3. The Hall–Kier alpha value is -7.95. The molecule has 0 radical (unpaired) electrons. The number of hydrogen-bond acceptors (Lipinski definition) is 4. The standard InChI is InChI=1S/C57H42N4/c58-55(44-26-14-5-15-27-44)54(43-24-12-4-13-25-43)56-53-48(37-50(59-56)40-18-6-1-7-19-40)30-17-31-49(53)47-29-16-28-46(36-47)39-32-34-45(35-33-39)57-60-51(41-20-8-2-9-21-41)38-52(61-57)42-22-10-3-11-23-42/h1-27,29-38,46H,28,58H2. The molecule has 0 aliphatic heterocycles. The fourth-order valence-electron chi connectivity index (χ4n) is 8.34. The van der Waals surface area contributed by atoms with Crippen molar-refractivity contribution in [1.82, 2.24) is 15.0 Å². The summed E-state index contributed by atoms with van der Waals surface area (Å²) in [5.41, 5.74) is 22.0. The van der Waals surface area contributed by atoms with Crippen LogP contribution in [-0.2, 0) is 0 Å². The van der Waals surface area contributed by atoms with E-state index >= 15 is 0 Å². The minimum absolute atomic E-state index is 0.166. The van der Waals surface area contributed by atoms with E-state index in [2.05, 4.69) is 158 Å². The number of aromatic nitrogens is 3. The molecule has 1 aliphatic carbocycles. The summed E-state index contributed by atoms with van der Waals surface area (Å²) in [4.78, 5) is 15.7. The summed E-state index contributed by atoms with van der Waals surface area (Å²) in [5, 5.41) is 2.17. The average molecular weight is 783 g/mol. The first-order valence-electron chi connectivity index (χ1n) is 20.8. The van der Waals surface area contributed by atoms with Gasteiger partial charge in [0.05, 0.1) is 22.8 Å². The Kier molecular flexibility index (Phi) is 10.2. The third-order valence-corrected chi connectivity index (χ3v) is 11.4. The minimum atomic E-state index is 0.166. The number of pyridine rings is 1. The summed E-state index contributed by atoms with van der Waals surface area (Å²) in [5.74, 6) is 0.869. The Morgan fingerprint density at radius 1 is 0.475 bits per heavy atom. The molecule has 1 aliphatic rings. The molecule has 2 N–H and O–H groups in total. The van der Waals surface area contributed by atoms with E-state index in [9.17, 15) is 0 Å². The highest BCUT2D eigenvalue weighted by Gasteiger charge is 2.22.